The number of carbonyl (C=O) groups excluding carboxylic acids is 1. The van der Waals surface area contributed by atoms with Crippen LogP contribution in [0.2, 0.25) is 0 Å². The molecule has 5 nitrogen and oxygen atoms in total. The van der Waals surface area contributed by atoms with Crippen molar-refractivity contribution in [2.75, 3.05) is 40.5 Å². The Balaban J connectivity index is 3.54. The summed E-state index contributed by atoms with van der Waals surface area (Å²) in [6, 6.07) is 0. The summed E-state index contributed by atoms with van der Waals surface area (Å²) in [5, 5.41) is 5.64. The van der Waals surface area contributed by atoms with E-state index in [0.29, 0.717) is 19.7 Å². The molecule has 5 heteroatoms. The Morgan fingerprint density at radius 2 is 2.27 bits per heavy atom. The molecule has 0 aromatic rings. The molecule has 88 valence electrons. The van der Waals surface area contributed by atoms with Gasteiger partial charge in [-0.05, 0) is 0 Å². The molecule has 0 radical (unpaired) electrons. The first-order valence-electron chi connectivity index (χ1n) is 4.84. The van der Waals surface area contributed by atoms with Crippen molar-refractivity contribution in [3.63, 3.8) is 0 Å². The molecular weight excluding hydrogens is 196 g/mol. The van der Waals surface area contributed by atoms with Crippen LogP contribution >= 0.6 is 0 Å². The Morgan fingerprint density at radius 3 is 2.80 bits per heavy atom. The van der Waals surface area contributed by atoms with Crippen LogP contribution in [-0.4, -0.2) is 52.5 Å². The summed E-state index contributed by atoms with van der Waals surface area (Å²) in [4.78, 5) is 11.2. The van der Waals surface area contributed by atoms with Gasteiger partial charge in [-0.15, -0.1) is 6.58 Å². The van der Waals surface area contributed by atoms with Gasteiger partial charge in [0.1, 0.15) is 0 Å². The second-order valence-electron chi connectivity index (χ2n) is 3.04. The van der Waals surface area contributed by atoms with E-state index in [-0.39, 0.29) is 18.6 Å². The zero-order valence-corrected chi connectivity index (χ0v) is 9.41. The number of carbonyl (C=O) groups is 1. The van der Waals surface area contributed by atoms with Gasteiger partial charge in [-0.25, -0.2) is 0 Å². The summed E-state index contributed by atoms with van der Waals surface area (Å²) in [5.41, 5.74) is 0. The zero-order valence-electron chi connectivity index (χ0n) is 9.41. The third kappa shape index (κ3) is 8.11. The highest BCUT2D eigenvalue weighted by molar-refractivity contribution is 5.77. The third-order valence-electron chi connectivity index (χ3n) is 1.79. The fraction of sp³-hybridized carbons (Fsp3) is 0.700. The van der Waals surface area contributed by atoms with Crippen LogP contribution in [0.4, 0.5) is 0 Å². The lowest BCUT2D eigenvalue weighted by Crippen LogP contribution is -2.40. The Kier molecular flexibility index (Phi) is 9.05. The van der Waals surface area contributed by atoms with E-state index in [4.69, 9.17) is 9.47 Å². The fourth-order valence-corrected chi connectivity index (χ4v) is 0.974. The molecule has 1 unspecified atom stereocenters. The standard InChI is InChI=1S/C10H20N2O3/c1-4-5-11-7-10(13)12-6-9(15-3)8-14-2/h4,9,11H,1,5-8H2,2-3H3,(H,12,13). The SMILES string of the molecule is C=CCNCC(=O)NCC(COC)OC. The Bertz CT molecular complexity index is 186. The molecule has 0 heterocycles. The molecule has 1 atom stereocenters. The first-order valence-corrected chi connectivity index (χ1v) is 4.84. The van der Waals surface area contributed by atoms with Gasteiger partial charge in [-0.2, -0.15) is 0 Å². The first kappa shape index (κ1) is 14.1. The molecule has 1 amide bonds. The molecule has 0 aliphatic rings. The van der Waals surface area contributed by atoms with Crippen molar-refractivity contribution in [1.29, 1.82) is 0 Å². The largest absolute Gasteiger partial charge is 0.382 e. The smallest absolute Gasteiger partial charge is 0.234 e. The molecule has 0 aromatic carbocycles. The van der Waals surface area contributed by atoms with Crippen LogP contribution in [0.25, 0.3) is 0 Å². The van der Waals surface area contributed by atoms with Gasteiger partial charge in [0.15, 0.2) is 0 Å². The Morgan fingerprint density at radius 1 is 1.53 bits per heavy atom. The van der Waals surface area contributed by atoms with Crippen molar-refractivity contribution < 1.29 is 14.3 Å². The third-order valence-corrected chi connectivity index (χ3v) is 1.79. The van der Waals surface area contributed by atoms with E-state index in [1.165, 1.54) is 0 Å². The van der Waals surface area contributed by atoms with Gasteiger partial charge in [0.2, 0.25) is 5.91 Å². The predicted molar refractivity (Wildman–Crippen MR) is 58.7 cm³/mol. The second kappa shape index (κ2) is 9.64. The maximum absolute atomic E-state index is 11.2. The molecular formula is C10H20N2O3. The molecule has 0 aromatic heterocycles. The van der Waals surface area contributed by atoms with Gasteiger partial charge in [-0.3, -0.25) is 4.79 Å². The van der Waals surface area contributed by atoms with Crippen LogP contribution in [0.1, 0.15) is 0 Å². The number of hydrogen-bond donors (Lipinski definition) is 2. The van der Waals surface area contributed by atoms with Crippen molar-refractivity contribution in [3.05, 3.63) is 12.7 Å². The normalized spacial score (nSPS) is 12.1. The molecule has 0 spiro atoms. The van der Waals surface area contributed by atoms with Crippen molar-refractivity contribution in [2.24, 2.45) is 0 Å². The summed E-state index contributed by atoms with van der Waals surface area (Å²) in [6.07, 6.45) is 1.61. The van der Waals surface area contributed by atoms with Crippen molar-refractivity contribution in [1.82, 2.24) is 10.6 Å². The monoisotopic (exact) mass is 216 g/mol. The van der Waals surface area contributed by atoms with Gasteiger partial charge >= 0.3 is 0 Å². The van der Waals surface area contributed by atoms with E-state index in [1.54, 1.807) is 20.3 Å². The molecule has 0 saturated heterocycles. The number of ether oxygens (including phenoxy) is 2. The van der Waals surface area contributed by atoms with E-state index in [2.05, 4.69) is 17.2 Å². The van der Waals surface area contributed by atoms with Crippen LogP contribution in [0, 0.1) is 0 Å². The van der Waals surface area contributed by atoms with E-state index in [0.717, 1.165) is 0 Å². The van der Waals surface area contributed by atoms with Crippen molar-refractivity contribution in [2.45, 2.75) is 6.10 Å². The fourth-order valence-electron chi connectivity index (χ4n) is 0.974. The molecule has 0 aliphatic carbocycles. The summed E-state index contributed by atoms with van der Waals surface area (Å²) in [7, 11) is 3.19. The summed E-state index contributed by atoms with van der Waals surface area (Å²) >= 11 is 0. The average molecular weight is 216 g/mol. The molecule has 2 N–H and O–H groups in total. The van der Waals surface area contributed by atoms with Gasteiger partial charge in [0.25, 0.3) is 0 Å². The van der Waals surface area contributed by atoms with Crippen LogP contribution in [0.15, 0.2) is 12.7 Å². The molecule has 15 heavy (non-hydrogen) atoms. The number of nitrogens with one attached hydrogen (secondary N) is 2. The van der Waals surface area contributed by atoms with Crippen LogP contribution in [0.5, 0.6) is 0 Å². The van der Waals surface area contributed by atoms with E-state index >= 15 is 0 Å². The molecule has 0 fully saturated rings. The molecule has 0 bridgehead atoms. The van der Waals surface area contributed by atoms with Crippen LogP contribution in [0.3, 0.4) is 0 Å². The van der Waals surface area contributed by atoms with Crippen LogP contribution < -0.4 is 10.6 Å². The van der Waals surface area contributed by atoms with Gasteiger partial charge in [-0.1, -0.05) is 6.08 Å². The minimum absolute atomic E-state index is 0.0602. The lowest BCUT2D eigenvalue weighted by Gasteiger charge is -2.14. The number of amides is 1. The lowest BCUT2D eigenvalue weighted by molar-refractivity contribution is -0.121. The van der Waals surface area contributed by atoms with Crippen molar-refractivity contribution in [3.8, 4) is 0 Å². The van der Waals surface area contributed by atoms with Gasteiger partial charge in [0.05, 0.1) is 19.3 Å². The molecule has 0 aliphatic heterocycles. The first-order chi connectivity index (χ1) is 7.24. The Hall–Kier alpha value is -0.910. The van der Waals surface area contributed by atoms with Crippen molar-refractivity contribution >= 4 is 5.91 Å². The molecule has 0 saturated carbocycles. The predicted octanol–water partition coefficient (Wildman–Crippen LogP) is -0.460. The number of hydrogen-bond acceptors (Lipinski definition) is 4. The molecule has 0 rings (SSSR count). The topological polar surface area (TPSA) is 59.6 Å². The van der Waals surface area contributed by atoms with Gasteiger partial charge < -0.3 is 20.1 Å². The number of rotatable bonds is 9. The minimum Gasteiger partial charge on any atom is -0.382 e. The maximum Gasteiger partial charge on any atom is 0.234 e. The van der Waals surface area contributed by atoms with Gasteiger partial charge in [0, 0.05) is 27.3 Å². The maximum atomic E-state index is 11.2. The highest BCUT2D eigenvalue weighted by Crippen LogP contribution is 1.87. The highest BCUT2D eigenvalue weighted by Gasteiger charge is 2.08. The minimum atomic E-state index is -0.0987. The lowest BCUT2D eigenvalue weighted by atomic mass is 10.3. The van der Waals surface area contributed by atoms with E-state index in [1.807, 2.05) is 0 Å². The van der Waals surface area contributed by atoms with E-state index < -0.39 is 0 Å². The summed E-state index contributed by atoms with van der Waals surface area (Å²) in [6.45, 7) is 5.38. The van der Waals surface area contributed by atoms with E-state index in [9.17, 15) is 4.79 Å². The quantitative estimate of drug-likeness (QED) is 0.404. The zero-order chi connectivity index (χ0) is 11.5. The Labute approximate surface area is 90.8 Å². The second-order valence-corrected chi connectivity index (χ2v) is 3.04. The summed E-state index contributed by atoms with van der Waals surface area (Å²) in [5.74, 6) is -0.0602. The summed E-state index contributed by atoms with van der Waals surface area (Å²) < 4.78 is 10.0. The van der Waals surface area contributed by atoms with Crippen LogP contribution in [-0.2, 0) is 14.3 Å². The average Bonchev–Trinajstić information content (AvgIpc) is 2.24. The highest BCUT2D eigenvalue weighted by atomic mass is 16.5. The number of methoxy groups -OCH3 is 2.